The first-order chi connectivity index (χ1) is 11.2. The van der Waals surface area contributed by atoms with Crippen LogP contribution in [0.15, 0.2) is 42.5 Å². The van der Waals surface area contributed by atoms with Crippen molar-refractivity contribution in [2.24, 2.45) is 0 Å². The van der Waals surface area contributed by atoms with Gasteiger partial charge in [0.1, 0.15) is 5.75 Å². The van der Waals surface area contributed by atoms with Gasteiger partial charge in [0.25, 0.3) is 0 Å². The highest BCUT2D eigenvalue weighted by atomic mass is 16.5. The summed E-state index contributed by atoms with van der Waals surface area (Å²) in [6, 6.07) is 14.5. The Balaban J connectivity index is 1.57. The molecule has 2 heterocycles. The van der Waals surface area contributed by atoms with Gasteiger partial charge in [-0.25, -0.2) is 0 Å². The van der Waals surface area contributed by atoms with E-state index in [1.165, 1.54) is 5.56 Å². The Morgan fingerprint density at radius 1 is 1.22 bits per heavy atom. The van der Waals surface area contributed by atoms with Crippen molar-refractivity contribution in [2.75, 3.05) is 26.8 Å². The largest absolute Gasteiger partial charge is 0.497 e. The van der Waals surface area contributed by atoms with Gasteiger partial charge in [-0.05, 0) is 43.2 Å². The number of ether oxygens (including phenoxy) is 2. The first kappa shape index (κ1) is 16.0. The van der Waals surface area contributed by atoms with Gasteiger partial charge in [-0.3, -0.25) is 9.88 Å². The van der Waals surface area contributed by atoms with Gasteiger partial charge in [-0.15, -0.1) is 0 Å². The molecule has 1 aliphatic rings. The van der Waals surface area contributed by atoms with Gasteiger partial charge in [-0.2, -0.15) is 0 Å². The summed E-state index contributed by atoms with van der Waals surface area (Å²) >= 11 is 0. The van der Waals surface area contributed by atoms with Crippen molar-refractivity contribution in [1.82, 2.24) is 9.88 Å². The number of morpholine rings is 1. The average Bonchev–Trinajstić information content (AvgIpc) is 2.56. The summed E-state index contributed by atoms with van der Waals surface area (Å²) in [5.41, 5.74) is 3.49. The van der Waals surface area contributed by atoms with Crippen LogP contribution < -0.4 is 4.74 Å². The molecule has 3 rings (SSSR count). The average molecular weight is 312 g/mol. The number of methoxy groups -OCH3 is 1. The molecule has 0 spiro atoms. The first-order valence-corrected chi connectivity index (χ1v) is 8.12. The Morgan fingerprint density at radius 3 is 2.78 bits per heavy atom. The minimum atomic E-state index is 0.238. The van der Waals surface area contributed by atoms with Gasteiger partial charge in [0.15, 0.2) is 0 Å². The molecular formula is C19H24N2O2. The second-order valence-corrected chi connectivity index (χ2v) is 6.05. The first-order valence-electron chi connectivity index (χ1n) is 8.12. The standard InChI is InChI=1S/C19H24N2O2/c1-15-4-3-5-17(20-15)13-21-10-11-23-19(14-21)12-16-6-8-18(22-2)9-7-16/h3-9,19H,10-14H2,1-2H3/t19-/m0/s1. The number of hydrogen-bond donors (Lipinski definition) is 0. The number of benzene rings is 1. The van der Waals surface area contributed by atoms with E-state index >= 15 is 0 Å². The molecule has 0 bridgehead atoms. The van der Waals surface area contributed by atoms with Crippen LogP contribution in [-0.4, -0.2) is 42.8 Å². The SMILES string of the molecule is COc1ccc(C[C@H]2CN(Cc3cccc(C)n3)CCO2)cc1. The molecule has 1 saturated heterocycles. The maximum absolute atomic E-state index is 5.94. The molecule has 0 amide bonds. The molecular weight excluding hydrogens is 288 g/mol. The summed E-state index contributed by atoms with van der Waals surface area (Å²) in [5.74, 6) is 0.894. The fourth-order valence-corrected chi connectivity index (χ4v) is 2.99. The molecule has 1 fully saturated rings. The highest BCUT2D eigenvalue weighted by molar-refractivity contribution is 5.27. The lowest BCUT2D eigenvalue weighted by Crippen LogP contribution is -2.43. The van der Waals surface area contributed by atoms with Gasteiger partial charge >= 0.3 is 0 Å². The van der Waals surface area contributed by atoms with Gasteiger partial charge in [0.2, 0.25) is 0 Å². The van der Waals surface area contributed by atoms with Crippen molar-refractivity contribution >= 4 is 0 Å². The third kappa shape index (κ3) is 4.53. The third-order valence-electron chi connectivity index (χ3n) is 4.18. The summed E-state index contributed by atoms with van der Waals surface area (Å²) in [4.78, 5) is 7.03. The minimum Gasteiger partial charge on any atom is -0.497 e. The Hall–Kier alpha value is -1.91. The van der Waals surface area contributed by atoms with Gasteiger partial charge in [0, 0.05) is 25.3 Å². The zero-order valence-electron chi connectivity index (χ0n) is 13.9. The lowest BCUT2D eigenvalue weighted by atomic mass is 10.1. The van der Waals surface area contributed by atoms with Crippen LogP contribution in [0, 0.1) is 6.92 Å². The number of pyridine rings is 1. The fourth-order valence-electron chi connectivity index (χ4n) is 2.99. The molecule has 2 aromatic rings. The fraction of sp³-hybridized carbons (Fsp3) is 0.421. The summed E-state index contributed by atoms with van der Waals surface area (Å²) in [6.07, 6.45) is 1.17. The number of aromatic nitrogens is 1. The molecule has 0 saturated carbocycles. The van der Waals surface area contributed by atoms with Crippen molar-refractivity contribution in [1.29, 1.82) is 0 Å². The van der Waals surface area contributed by atoms with Gasteiger partial charge in [0.05, 0.1) is 25.5 Å². The van der Waals surface area contributed by atoms with Crippen molar-refractivity contribution in [3.8, 4) is 5.75 Å². The maximum Gasteiger partial charge on any atom is 0.118 e. The monoisotopic (exact) mass is 312 g/mol. The van der Waals surface area contributed by atoms with Crippen LogP contribution in [0.5, 0.6) is 5.75 Å². The van der Waals surface area contributed by atoms with E-state index < -0.39 is 0 Å². The zero-order chi connectivity index (χ0) is 16.1. The molecule has 0 unspecified atom stereocenters. The summed E-state index contributed by atoms with van der Waals surface area (Å²) < 4.78 is 11.1. The van der Waals surface area contributed by atoms with Crippen LogP contribution in [0.3, 0.4) is 0 Å². The van der Waals surface area contributed by atoms with E-state index in [2.05, 4.69) is 34.1 Å². The zero-order valence-corrected chi connectivity index (χ0v) is 13.9. The predicted octanol–water partition coefficient (Wildman–Crippen LogP) is 2.84. The van der Waals surface area contributed by atoms with Crippen molar-refractivity contribution < 1.29 is 9.47 Å². The molecule has 0 aliphatic carbocycles. The molecule has 0 N–H and O–H groups in total. The van der Waals surface area contributed by atoms with Crippen LogP contribution in [0.4, 0.5) is 0 Å². The smallest absolute Gasteiger partial charge is 0.118 e. The maximum atomic E-state index is 5.94. The van der Waals surface area contributed by atoms with E-state index in [0.717, 1.165) is 49.8 Å². The Morgan fingerprint density at radius 2 is 2.04 bits per heavy atom. The summed E-state index contributed by atoms with van der Waals surface area (Å²) in [5, 5.41) is 0. The molecule has 4 nitrogen and oxygen atoms in total. The molecule has 1 aliphatic heterocycles. The number of hydrogen-bond acceptors (Lipinski definition) is 4. The summed E-state index contributed by atoms with van der Waals surface area (Å²) in [7, 11) is 1.69. The molecule has 122 valence electrons. The van der Waals surface area contributed by atoms with Crippen LogP contribution in [0.2, 0.25) is 0 Å². The number of nitrogens with zero attached hydrogens (tertiary/aromatic N) is 2. The second kappa shape index (κ2) is 7.57. The van der Waals surface area contributed by atoms with E-state index in [1.54, 1.807) is 7.11 Å². The Labute approximate surface area is 138 Å². The molecule has 4 heteroatoms. The van der Waals surface area contributed by atoms with Crippen LogP contribution in [-0.2, 0) is 17.7 Å². The van der Waals surface area contributed by atoms with Crippen LogP contribution in [0.25, 0.3) is 0 Å². The molecule has 1 aromatic heterocycles. The van der Waals surface area contributed by atoms with Gasteiger partial charge < -0.3 is 9.47 Å². The molecule has 1 aromatic carbocycles. The van der Waals surface area contributed by atoms with E-state index in [-0.39, 0.29) is 6.10 Å². The van der Waals surface area contributed by atoms with E-state index in [1.807, 2.05) is 25.1 Å². The second-order valence-electron chi connectivity index (χ2n) is 6.05. The van der Waals surface area contributed by atoms with E-state index in [9.17, 15) is 0 Å². The number of aryl methyl sites for hydroxylation is 1. The Bertz CT molecular complexity index is 628. The minimum absolute atomic E-state index is 0.238. The van der Waals surface area contributed by atoms with Crippen LogP contribution >= 0.6 is 0 Å². The normalized spacial score (nSPS) is 18.8. The van der Waals surface area contributed by atoms with Crippen LogP contribution in [0.1, 0.15) is 17.0 Å². The number of rotatable bonds is 5. The third-order valence-corrected chi connectivity index (χ3v) is 4.18. The molecule has 1 atom stereocenters. The predicted molar refractivity (Wildman–Crippen MR) is 90.7 cm³/mol. The topological polar surface area (TPSA) is 34.6 Å². The van der Waals surface area contributed by atoms with Crippen molar-refractivity contribution in [3.63, 3.8) is 0 Å². The van der Waals surface area contributed by atoms with Crippen molar-refractivity contribution in [2.45, 2.75) is 26.0 Å². The molecule has 0 radical (unpaired) electrons. The molecule has 23 heavy (non-hydrogen) atoms. The lowest BCUT2D eigenvalue weighted by Gasteiger charge is -2.32. The van der Waals surface area contributed by atoms with E-state index in [4.69, 9.17) is 9.47 Å². The van der Waals surface area contributed by atoms with Gasteiger partial charge in [-0.1, -0.05) is 18.2 Å². The highest BCUT2D eigenvalue weighted by Crippen LogP contribution is 2.16. The quantitative estimate of drug-likeness (QED) is 0.850. The van der Waals surface area contributed by atoms with E-state index in [0.29, 0.717) is 0 Å². The lowest BCUT2D eigenvalue weighted by molar-refractivity contribution is -0.0308. The highest BCUT2D eigenvalue weighted by Gasteiger charge is 2.21. The Kier molecular flexibility index (Phi) is 5.26. The van der Waals surface area contributed by atoms with Crippen molar-refractivity contribution in [3.05, 3.63) is 59.4 Å². The summed E-state index contributed by atoms with van der Waals surface area (Å²) in [6.45, 7) is 5.63.